The maximum atomic E-state index is 5.99. The zero-order valence-corrected chi connectivity index (χ0v) is 19.7. The van der Waals surface area contributed by atoms with Crippen molar-refractivity contribution in [2.75, 3.05) is 20.2 Å². The maximum Gasteiger partial charge on any atom is 0.191 e. The number of para-hydroxylation sites is 3. The highest BCUT2D eigenvalue weighted by Crippen LogP contribution is 2.30. The van der Waals surface area contributed by atoms with Gasteiger partial charge in [0, 0.05) is 32.1 Å². The third-order valence-electron chi connectivity index (χ3n) is 5.14. The number of rotatable bonds is 9. The Hall–Kier alpha value is -2.29. The first-order valence-electron chi connectivity index (χ1n) is 10.4. The zero-order valence-electron chi connectivity index (χ0n) is 17.4. The molecule has 3 aromatic rings. The SMILES string of the molecule is CN=C(NCCCc1nc2ccccc2[nH]1)NCc1ccccc1OCC1CC1.I. The maximum absolute atomic E-state index is 5.99. The van der Waals surface area contributed by atoms with E-state index in [1.807, 2.05) is 36.4 Å². The van der Waals surface area contributed by atoms with Crippen LogP contribution in [-0.2, 0) is 13.0 Å². The van der Waals surface area contributed by atoms with E-state index in [-0.39, 0.29) is 24.0 Å². The predicted octanol–water partition coefficient (Wildman–Crippen LogP) is 4.27. The molecule has 1 saturated carbocycles. The smallest absolute Gasteiger partial charge is 0.191 e. The molecule has 1 aliphatic rings. The van der Waals surface area contributed by atoms with E-state index >= 15 is 0 Å². The van der Waals surface area contributed by atoms with Gasteiger partial charge in [-0.05, 0) is 43.4 Å². The van der Waals surface area contributed by atoms with Crippen molar-refractivity contribution in [2.24, 2.45) is 10.9 Å². The summed E-state index contributed by atoms with van der Waals surface area (Å²) < 4.78 is 5.99. The van der Waals surface area contributed by atoms with Crippen molar-refractivity contribution >= 4 is 41.0 Å². The van der Waals surface area contributed by atoms with Crippen molar-refractivity contribution in [3.8, 4) is 5.75 Å². The van der Waals surface area contributed by atoms with Crippen LogP contribution in [0.15, 0.2) is 53.5 Å². The van der Waals surface area contributed by atoms with E-state index in [1.165, 1.54) is 12.8 Å². The van der Waals surface area contributed by atoms with Crippen LogP contribution in [-0.4, -0.2) is 36.1 Å². The number of imidazole rings is 1. The van der Waals surface area contributed by atoms with Gasteiger partial charge in [0.05, 0.1) is 17.6 Å². The third-order valence-corrected chi connectivity index (χ3v) is 5.14. The standard InChI is InChI=1S/C23H29N5O.HI/c1-24-23(25-14-6-11-22-27-19-8-3-4-9-20(19)28-22)26-15-18-7-2-5-10-21(18)29-16-17-12-13-17;/h2-5,7-10,17H,6,11-16H2,1H3,(H,27,28)(H2,24,25,26);1H. The lowest BCUT2D eigenvalue weighted by Gasteiger charge is -2.14. The van der Waals surface area contributed by atoms with E-state index in [1.54, 1.807) is 7.05 Å². The van der Waals surface area contributed by atoms with E-state index in [0.717, 1.165) is 66.0 Å². The number of guanidine groups is 1. The number of aromatic amines is 1. The van der Waals surface area contributed by atoms with Crippen LogP contribution in [0.2, 0.25) is 0 Å². The fourth-order valence-corrected chi connectivity index (χ4v) is 3.27. The Morgan fingerprint density at radius 3 is 2.73 bits per heavy atom. The molecule has 0 aliphatic heterocycles. The van der Waals surface area contributed by atoms with E-state index < -0.39 is 0 Å². The summed E-state index contributed by atoms with van der Waals surface area (Å²) in [6, 6.07) is 16.3. The van der Waals surface area contributed by atoms with Crippen molar-refractivity contribution in [1.82, 2.24) is 20.6 Å². The van der Waals surface area contributed by atoms with Gasteiger partial charge in [0.15, 0.2) is 5.96 Å². The van der Waals surface area contributed by atoms with Crippen molar-refractivity contribution in [1.29, 1.82) is 0 Å². The molecule has 0 spiro atoms. The van der Waals surface area contributed by atoms with Crippen LogP contribution in [0.4, 0.5) is 0 Å². The van der Waals surface area contributed by atoms with Crippen LogP contribution in [0.5, 0.6) is 5.75 Å². The van der Waals surface area contributed by atoms with Gasteiger partial charge in [0.1, 0.15) is 11.6 Å². The summed E-state index contributed by atoms with van der Waals surface area (Å²) in [7, 11) is 1.80. The summed E-state index contributed by atoms with van der Waals surface area (Å²) >= 11 is 0. The minimum Gasteiger partial charge on any atom is -0.493 e. The Kier molecular flexibility index (Phi) is 8.36. The van der Waals surface area contributed by atoms with Crippen molar-refractivity contribution in [3.63, 3.8) is 0 Å². The van der Waals surface area contributed by atoms with Crippen molar-refractivity contribution in [2.45, 2.75) is 32.2 Å². The Labute approximate surface area is 194 Å². The quantitative estimate of drug-likeness (QED) is 0.171. The lowest BCUT2D eigenvalue weighted by atomic mass is 10.2. The minimum atomic E-state index is 0. The monoisotopic (exact) mass is 519 g/mol. The van der Waals surface area contributed by atoms with Gasteiger partial charge >= 0.3 is 0 Å². The van der Waals surface area contributed by atoms with Crippen LogP contribution in [0, 0.1) is 5.92 Å². The second kappa shape index (κ2) is 11.2. The number of fused-ring (bicyclic) bond motifs is 1. The van der Waals surface area contributed by atoms with E-state index in [0.29, 0.717) is 6.54 Å². The van der Waals surface area contributed by atoms with Gasteiger partial charge in [-0.2, -0.15) is 0 Å². The molecule has 3 N–H and O–H groups in total. The van der Waals surface area contributed by atoms with Gasteiger partial charge in [-0.25, -0.2) is 4.98 Å². The van der Waals surface area contributed by atoms with Gasteiger partial charge in [-0.15, -0.1) is 24.0 Å². The number of H-pyrrole nitrogens is 1. The van der Waals surface area contributed by atoms with Crippen LogP contribution in [0.1, 0.15) is 30.7 Å². The molecule has 0 bridgehead atoms. The largest absolute Gasteiger partial charge is 0.493 e. The Balaban J connectivity index is 0.00000256. The predicted molar refractivity (Wildman–Crippen MR) is 133 cm³/mol. The molecule has 7 heteroatoms. The number of hydrogen-bond acceptors (Lipinski definition) is 3. The van der Waals surface area contributed by atoms with Gasteiger partial charge in [0.2, 0.25) is 0 Å². The number of aromatic nitrogens is 2. The summed E-state index contributed by atoms with van der Waals surface area (Å²) in [6.07, 6.45) is 4.47. The molecule has 1 aliphatic carbocycles. The number of halogens is 1. The van der Waals surface area contributed by atoms with Crippen LogP contribution < -0.4 is 15.4 Å². The number of nitrogens with one attached hydrogen (secondary N) is 3. The number of benzene rings is 2. The fourth-order valence-electron chi connectivity index (χ4n) is 3.27. The molecular formula is C23H30IN5O. The highest BCUT2D eigenvalue weighted by molar-refractivity contribution is 14.0. The van der Waals surface area contributed by atoms with Gasteiger partial charge < -0.3 is 20.4 Å². The summed E-state index contributed by atoms with van der Waals surface area (Å²) in [6.45, 7) is 2.34. The van der Waals surface area contributed by atoms with Gasteiger partial charge in [-0.3, -0.25) is 4.99 Å². The van der Waals surface area contributed by atoms with Crippen LogP contribution >= 0.6 is 24.0 Å². The lowest BCUT2D eigenvalue weighted by molar-refractivity contribution is 0.296. The molecule has 4 rings (SSSR count). The molecule has 0 unspecified atom stereocenters. The fraction of sp³-hybridized carbons (Fsp3) is 0.391. The first kappa shape index (κ1) is 22.4. The third kappa shape index (κ3) is 6.35. The second-order valence-corrected chi connectivity index (χ2v) is 7.52. The number of aliphatic imine (C=N–C) groups is 1. The van der Waals surface area contributed by atoms with Crippen molar-refractivity contribution in [3.05, 3.63) is 59.9 Å². The second-order valence-electron chi connectivity index (χ2n) is 7.52. The number of hydrogen-bond donors (Lipinski definition) is 3. The van der Waals surface area contributed by atoms with E-state index in [4.69, 9.17) is 4.74 Å². The average Bonchev–Trinajstić information content (AvgIpc) is 3.49. The molecule has 1 fully saturated rings. The lowest BCUT2D eigenvalue weighted by Crippen LogP contribution is -2.37. The normalized spacial score (nSPS) is 13.7. The molecule has 1 aromatic heterocycles. The van der Waals surface area contributed by atoms with E-state index in [9.17, 15) is 0 Å². The van der Waals surface area contributed by atoms with Crippen LogP contribution in [0.25, 0.3) is 11.0 Å². The summed E-state index contributed by atoms with van der Waals surface area (Å²) in [5, 5.41) is 6.76. The highest BCUT2D eigenvalue weighted by Gasteiger charge is 2.22. The number of aryl methyl sites for hydroxylation is 1. The molecule has 0 atom stereocenters. The summed E-state index contributed by atoms with van der Waals surface area (Å²) in [5.74, 6) is 3.54. The molecule has 0 saturated heterocycles. The average molecular weight is 519 g/mol. The Morgan fingerprint density at radius 1 is 1.13 bits per heavy atom. The molecule has 6 nitrogen and oxygen atoms in total. The minimum absolute atomic E-state index is 0. The van der Waals surface area contributed by atoms with Crippen LogP contribution in [0.3, 0.4) is 0 Å². The number of ether oxygens (including phenoxy) is 1. The summed E-state index contributed by atoms with van der Waals surface area (Å²) in [4.78, 5) is 12.3. The highest BCUT2D eigenvalue weighted by atomic mass is 127. The van der Waals surface area contributed by atoms with E-state index in [2.05, 4.69) is 37.7 Å². The Morgan fingerprint density at radius 2 is 1.93 bits per heavy atom. The molecule has 0 radical (unpaired) electrons. The molecule has 2 aromatic carbocycles. The molecular weight excluding hydrogens is 489 g/mol. The van der Waals surface area contributed by atoms with Gasteiger partial charge in [0.25, 0.3) is 0 Å². The molecule has 30 heavy (non-hydrogen) atoms. The number of nitrogens with zero attached hydrogens (tertiary/aromatic N) is 2. The molecule has 160 valence electrons. The zero-order chi connectivity index (χ0) is 19.9. The topological polar surface area (TPSA) is 74.3 Å². The molecule has 0 amide bonds. The first-order valence-corrected chi connectivity index (χ1v) is 10.4. The van der Waals surface area contributed by atoms with Gasteiger partial charge in [-0.1, -0.05) is 30.3 Å². The molecule has 1 heterocycles. The summed E-state index contributed by atoms with van der Waals surface area (Å²) in [5.41, 5.74) is 3.27. The first-order chi connectivity index (χ1) is 14.3. The Bertz CT molecular complexity index is 934. The van der Waals surface area contributed by atoms with Crippen molar-refractivity contribution < 1.29 is 4.74 Å².